The Labute approximate surface area is 146 Å². The van der Waals surface area contributed by atoms with E-state index in [2.05, 4.69) is 30.8 Å². The Morgan fingerprint density at radius 1 is 1.20 bits per heavy atom. The van der Waals surface area contributed by atoms with E-state index >= 15 is 0 Å². The van der Waals surface area contributed by atoms with Crippen molar-refractivity contribution in [2.45, 2.75) is 20.0 Å². The molecule has 130 valence electrons. The number of aromatic nitrogens is 4. The second-order valence-corrected chi connectivity index (χ2v) is 5.26. The minimum absolute atomic E-state index is 0.519. The first kappa shape index (κ1) is 16.7. The summed E-state index contributed by atoms with van der Waals surface area (Å²) in [4.78, 5) is 8.39. The molecule has 0 aliphatic rings. The van der Waals surface area contributed by atoms with Gasteiger partial charge in [-0.1, -0.05) is 6.07 Å². The van der Waals surface area contributed by atoms with Gasteiger partial charge in [-0.05, 0) is 30.7 Å². The Morgan fingerprint density at radius 3 is 2.92 bits per heavy atom. The van der Waals surface area contributed by atoms with Gasteiger partial charge in [0.2, 0.25) is 5.88 Å². The van der Waals surface area contributed by atoms with Crippen molar-refractivity contribution in [2.75, 3.05) is 13.7 Å². The summed E-state index contributed by atoms with van der Waals surface area (Å²) < 4.78 is 7.36. The fourth-order valence-electron chi connectivity index (χ4n) is 2.37. The van der Waals surface area contributed by atoms with Crippen LogP contribution in [-0.2, 0) is 13.1 Å². The molecule has 3 rings (SSSR count). The zero-order chi connectivity index (χ0) is 17.5. The lowest BCUT2D eigenvalue weighted by Gasteiger charge is -2.12. The number of aliphatic imine (C=N–C) groups is 1. The molecular formula is C17H21N7O. The predicted molar refractivity (Wildman–Crippen MR) is 95.4 cm³/mol. The smallest absolute Gasteiger partial charge is 0.213 e. The molecule has 0 saturated heterocycles. The number of hydrogen-bond acceptors (Lipinski definition) is 5. The lowest BCUT2D eigenvalue weighted by molar-refractivity contribution is 0.326. The molecule has 2 N–H and O–H groups in total. The quantitative estimate of drug-likeness (QED) is 0.521. The predicted octanol–water partition coefficient (Wildman–Crippen LogP) is 1.39. The van der Waals surface area contributed by atoms with Crippen molar-refractivity contribution >= 4 is 11.6 Å². The van der Waals surface area contributed by atoms with E-state index in [4.69, 9.17) is 4.74 Å². The summed E-state index contributed by atoms with van der Waals surface area (Å²) in [5.74, 6) is 2.13. The van der Waals surface area contributed by atoms with Crippen molar-refractivity contribution in [2.24, 2.45) is 4.99 Å². The van der Waals surface area contributed by atoms with Gasteiger partial charge < -0.3 is 15.4 Å². The lowest BCUT2D eigenvalue weighted by Crippen LogP contribution is -2.36. The third-order valence-corrected chi connectivity index (χ3v) is 3.57. The lowest BCUT2D eigenvalue weighted by atomic mass is 10.2. The van der Waals surface area contributed by atoms with Crippen LogP contribution in [0.4, 0.5) is 0 Å². The SMILES string of the molecule is CCOc1cc(CNC(=NC)NCc2nnc3ccccn23)ccn1. The van der Waals surface area contributed by atoms with Gasteiger partial charge in [0.1, 0.15) is 0 Å². The number of rotatable bonds is 6. The molecule has 0 radical (unpaired) electrons. The highest BCUT2D eigenvalue weighted by molar-refractivity contribution is 5.79. The van der Waals surface area contributed by atoms with Crippen LogP contribution in [0.5, 0.6) is 5.88 Å². The van der Waals surface area contributed by atoms with Gasteiger partial charge in [0, 0.05) is 32.1 Å². The second-order valence-electron chi connectivity index (χ2n) is 5.26. The number of guanidine groups is 1. The first-order valence-corrected chi connectivity index (χ1v) is 8.11. The van der Waals surface area contributed by atoms with Crippen LogP contribution in [0.2, 0.25) is 0 Å². The molecule has 0 saturated carbocycles. The minimum Gasteiger partial charge on any atom is -0.478 e. The van der Waals surface area contributed by atoms with Gasteiger partial charge in [0.25, 0.3) is 0 Å². The van der Waals surface area contributed by atoms with E-state index in [9.17, 15) is 0 Å². The van der Waals surface area contributed by atoms with E-state index in [-0.39, 0.29) is 0 Å². The van der Waals surface area contributed by atoms with Crippen molar-refractivity contribution in [1.29, 1.82) is 0 Å². The molecule has 0 fully saturated rings. The summed E-state index contributed by atoms with van der Waals surface area (Å²) in [6.07, 6.45) is 3.68. The van der Waals surface area contributed by atoms with Gasteiger partial charge in [0.15, 0.2) is 17.4 Å². The molecule has 8 nitrogen and oxygen atoms in total. The molecule has 0 unspecified atom stereocenters. The maximum atomic E-state index is 5.41. The number of fused-ring (bicyclic) bond motifs is 1. The average Bonchev–Trinajstić information content (AvgIpc) is 3.06. The Hall–Kier alpha value is -3.16. The number of ether oxygens (including phenoxy) is 1. The van der Waals surface area contributed by atoms with Crippen molar-refractivity contribution in [3.05, 3.63) is 54.1 Å². The molecule has 3 aromatic rings. The van der Waals surface area contributed by atoms with Crippen molar-refractivity contribution in [1.82, 2.24) is 30.2 Å². The van der Waals surface area contributed by atoms with E-state index < -0.39 is 0 Å². The first-order chi connectivity index (χ1) is 12.3. The van der Waals surface area contributed by atoms with Crippen LogP contribution in [0, 0.1) is 0 Å². The molecule has 0 aliphatic carbocycles. The van der Waals surface area contributed by atoms with E-state index in [0.29, 0.717) is 31.5 Å². The molecule has 8 heteroatoms. The zero-order valence-electron chi connectivity index (χ0n) is 14.3. The highest BCUT2D eigenvalue weighted by atomic mass is 16.5. The summed E-state index contributed by atoms with van der Waals surface area (Å²) in [6, 6.07) is 9.66. The molecule has 0 aromatic carbocycles. The molecule has 25 heavy (non-hydrogen) atoms. The van der Waals surface area contributed by atoms with E-state index in [1.165, 1.54) is 0 Å². The highest BCUT2D eigenvalue weighted by Crippen LogP contribution is 2.09. The minimum atomic E-state index is 0.519. The maximum absolute atomic E-state index is 5.41. The molecular weight excluding hydrogens is 318 g/mol. The van der Waals surface area contributed by atoms with Gasteiger partial charge in [-0.2, -0.15) is 0 Å². The molecule has 0 aliphatic heterocycles. The largest absolute Gasteiger partial charge is 0.478 e. The van der Waals surface area contributed by atoms with Crippen LogP contribution in [0.3, 0.4) is 0 Å². The average molecular weight is 339 g/mol. The van der Waals surface area contributed by atoms with Gasteiger partial charge in [0.05, 0.1) is 13.2 Å². The van der Waals surface area contributed by atoms with Gasteiger partial charge >= 0.3 is 0 Å². The number of nitrogens with zero attached hydrogens (tertiary/aromatic N) is 5. The van der Waals surface area contributed by atoms with Crippen LogP contribution in [0.15, 0.2) is 47.7 Å². The van der Waals surface area contributed by atoms with E-state index in [1.807, 2.05) is 47.9 Å². The van der Waals surface area contributed by atoms with Crippen LogP contribution < -0.4 is 15.4 Å². The standard InChI is InChI=1S/C17H21N7O/c1-3-25-16-10-13(7-8-19-16)11-20-17(18-2)21-12-15-23-22-14-6-4-5-9-24(14)15/h4-10H,3,11-12H2,1-2H3,(H2,18,20,21). The van der Waals surface area contributed by atoms with Gasteiger partial charge in [-0.25, -0.2) is 4.98 Å². The third kappa shape index (κ3) is 4.23. The molecule has 3 heterocycles. The van der Waals surface area contributed by atoms with Gasteiger partial charge in [-0.3, -0.25) is 9.39 Å². The molecule has 0 amide bonds. The summed E-state index contributed by atoms with van der Waals surface area (Å²) in [5, 5.41) is 14.8. The highest BCUT2D eigenvalue weighted by Gasteiger charge is 2.06. The second kappa shape index (κ2) is 8.09. The van der Waals surface area contributed by atoms with E-state index in [0.717, 1.165) is 17.0 Å². The van der Waals surface area contributed by atoms with Gasteiger partial charge in [-0.15, -0.1) is 10.2 Å². The third-order valence-electron chi connectivity index (χ3n) is 3.57. The molecule has 0 bridgehead atoms. The summed E-state index contributed by atoms with van der Waals surface area (Å²) in [6.45, 7) is 3.67. The maximum Gasteiger partial charge on any atom is 0.213 e. The molecule has 0 atom stereocenters. The fraction of sp³-hybridized carbons (Fsp3) is 0.294. The monoisotopic (exact) mass is 339 g/mol. The van der Waals surface area contributed by atoms with Crippen LogP contribution in [0.1, 0.15) is 18.3 Å². The summed E-state index contributed by atoms with van der Waals surface area (Å²) >= 11 is 0. The van der Waals surface area contributed by atoms with Crippen molar-refractivity contribution in [3.8, 4) is 5.88 Å². The summed E-state index contributed by atoms with van der Waals surface area (Å²) in [5.41, 5.74) is 1.89. The Morgan fingerprint density at radius 2 is 2.08 bits per heavy atom. The number of nitrogens with one attached hydrogen (secondary N) is 2. The Balaban J connectivity index is 1.57. The normalized spacial score (nSPS) is 11.5. The summed E-state index contributed by atoms with van der Waals surface area (Å²) in [7, 11) is 1.73. The number of hydrogen-bond donors (Lipinski definition) is 2. The Bertz CT molecular complexity index is 859. The van der Waals surface area contributed by atoms with E-state index in [1.54, 1.807) is 13.2 Å². The van der Waals surface area contributed by atoms with Crippen molar-refractivity contribution < 1.29 is 4.74 Å². The first-order valence-electron chi connectivity index (χ1n) is 8.11. The topological polar surface area (TPSA) is 88.7 Å². The van der Waals surface area contributed by atoms with Crippen LogP contribution >= 0.6 is 0 Å². The molecule has 3 aromatic heterocycles. The van der Waals surface area contributed by atoms with Crippen LogP contribution in [-0.4, -0.2) is 39.2 Å². The molecule has 0 spiro atoms. The van der Waals surface area contributed by atoms with Crippen LogP contribution in [0.25, 0.3) is 5.65 Å². The number of pyridine rings is 2. The fourth-order valence-corrected chi connectivity index (χ4v) is 2.37. The van der Waals surface area contributed by atoms with Crippen molar-refractivity contribution in [3.63, 3.8) is 0 Å². The zero-order valence-corrected chi connectivity index (χ0v) is 14.3. The Kier molecular flexibility index (Phi) is 5.40.